The first-order chi connectivity index (χ1) is 7.61. The molecule has 0 aromatic heterocycles. The van der Waals surface area contributed by atoms with Crippen LogP contribution < -0.4 is 5.32 Å². The molecule has 1 unspecified atom stereocenters. The Morgan fingerprint density at radius 3 is 2.81 bits per heavy atom. The maximum Gasteiger partial charge on any atom is 0.123 e. The van der Waals surface area contributed by atoms with Crippen molar-refractivity contribution in [2.24, 2.45) is 0 Å². The normalized spacial score (nSPS) is 19.4. The third-order valence-corrected chi connectivity index (χ3v) is 2.96. The first-order valence-electron chi connectivity index (χ1n) is 5.74. The zero-order chi connectivity index (χ0) is 11.6. The van der Waals surface area contributed by atoms with Gasteiger partial charge in [-0.15, -0.1) is 0 Å². The summed E-state index contributed by atoms with van der Waals surface area (Å²) in [6.07, 6.45) is 3.01. The lowest BCUT2D eigenvalue weighted by molar-refractivity contribution is 0.172. The number of nitrogens with one attached hydrogen (secondary N) is 1. The van der Waals surface area contributed by atoms with Gasteiger partial charge < -0.3 is 10.4 Å². The second-order valence-electron chi connectivity index (χ2n) is 4.94. The van der Waals surface area contributed by atoms with Gasteiger partial charge in [0.1, 0.15) is 5.82 Å². The number of hydrogen-bond donors (Lipinski definition) is 2. The van der Waals surface area contributed by atoms with E-state index in [9.17, 15) is 9.50 Å². The maximum absolute atomic E-state index is 13.0. The molecule has 2 N–H and O–H groups in total. The molecule has 1 aromatic rings. The highest BCUT2D eigenvalue weighted by molar-refractivity contribution is 5.19. The van der Waals surface area contributed by atoms with Gasteiger partial charge in [0, 0.05) is 11.6 Å². The summed E-state index contributed by atoms with van der Waals surface area (Å²) in [4.78, 5) is 0. The Hall–Kier alpha value is -0.930. The lowest BCUT2D eigenvalue weighted by atomic mass is 9.93. The minimum atomic E-state index is -0.338. The molecule has 3 heteroatoms. The highest BCUT2D eigenvalue weighted by Gasteiger charge is 2.32. The Balaban J connectivity index is 2.04. The molecule has 2 nitrogen and oxygen atoms in total. The lowest BCUT2D eigenvalue weighted by Crippen LogP contribution is -2.48. The predicted molar refractivity (Wildman–Crippen MR) is 61.8 cm³/mol. The van der Waals surface area contributed by atoms with Gasteiger partial charge in [-0.05, 0) is 43.9 Å². The second-order valence-corrected chi connectivity index (χ2v) is 4.94. The van der Waals surface area contributed by atoms with Gasteiger partial charge in [-0.1, -0.05) is 12.1 Å². The quantitative estimate of drug-likeness (QED) is 0.798. The van der Waals surface area contributed by atoms with Crippen molar-refractivity contribution < 1.29 is 9.50 Å². The van der Waals surface area contributed by atoms with Gasteiger partial charge in [0.15, 0.2) is 0 Å². The molecule has 1 aromatic carbocycles. The Morgan fingerprint density at radius 2 is 2.25 bits per heavy atom. The van der Waals surface area contributed by atoms with Crippen LogP contribution in [0.25, 0.3) is 0 Å². The van der Waals surface area contributed by atoms with Crippen LogP contribution in [-0.2, 0) is 6.42 Å². The molecule has 2 rings (SSSR count). The third kappa shape index (κ3) is 3.03. The van der Waals surface area contributed by atoms with Crippen LogP contribution in [0.4, 0.5) is 4.39 Å². The van der Waals surface area contributed by atoms with E-state index in [2.05, 4.69) is 5.32 Å². The Labute approximate surface area is 95.5 Å². The third-order valence-electron chi connectivity index (χ3n) is 2.96. The van der Waals surface area contributed by atoms with Crippen LogP contribution in [0.2, 0.25) is 0 Å². The summed E-state index contributed by atoms with van der Waals surface area (Å²) in [7, 11) is 0. The van der Waals surface area contributed by atoms with Gasteiger partial charge in [-0.25, -0.2) is 4.39 Å². The highest BCUT2D eigenvalue weighted by Crippen LogP contribution is 2.24. The first-order valence-corrected chi connectivity index (χ1v) is 5.74. The summed E-state index contributed by atoms with van der Waals surface area (Å²) >= 11 is 0. The molecule has 1 atom stereocenters. The second kappa shape index (κ2) is 4.52. The van der Waals surface area contributed by atoms with E-state index in [-0.39, 0.29) is 18.0 Å². The number of halogens is 1. The number of rotatable bonds is 5. The van der Waals surface area contributed by atoms with Crippen LogP contribution in [-0.4, -0.2) is 23.3 Å². The summed E-state index contributed by atoms with van der Waals surface area (Å²) in [6, 6.07) is 7.10. The molecule has 16 heavy (non-hydrogen) atoms. The minimum Gasteiger partial charge on any atom is -0.394 e. The van der Waals surface area contributed by atoms with Crippen LogP contribution in [0.15, 0.2) is 24.3 Å². The van der Waals surface area contributed by atoms with E-state index in [0.717, 1.165) is 5.56 Å². The zero-order valence-corrected chi connectivity index (χ0v) is 9.54. The van der Waals surface area contributed by atoms with E-state index in [1.54, 1.807) is 6.07 Å². The van der Waals surface area contributed by atoms with E-state index >= 15 is 0 Å². The Kier molecular flexibility index (Phi) is 3.26. The van der Waals surface area contributed by atoms with Gasteiger partial charge in [0.05, 0.1) is 6.61 Å². The first kappa shape index (κ1) is 11.6. The van der Waals surface area contributed by atoms with Gasteiger partial charge >= 0.3 is 0 Å². The fourth-order valence-corrected chi connectivity index (χ4v) is 1.97. The van der Waals surface area contributed by atoms with Crippen molar-refractivity contribution in [1.29, 1.82) is 0 Å². The molecular weight excluding hydrogens is 205 g/mol. The van der Waals surface area contributed by atoms with Crippen molar-refractivity contribution in [2.75, 3.05) is 6.61 Å². The molecule has 0 aliphatic heterocycles. The summed E-state index contributed by atoms with van der Waals surface area (Å²) in [6.45, 7) is 2.05. The molecule has 0 heterocycles. The van der Waals surface area contributed by atoms with E-state index < -0.39 is 0 Å². The predicted octanol–water partition coefficient (Wildman–Crippen LogP) is 1.87. The van der Waals surface area contributed by atoms with Crippen molar-refractivity contribution in [3.63, 3.8) is 0 Å². The molecule has 0 radical (unpaired) electrons. The average molecular weight is 223 g/mol. The van der Waals surface area contributed by atoms with Gasteiger partial charge in [-0.3, -0.25) is 0 Å². The van der Waals surface area contributed by atoms with E-state index in [1.807, 2.05) is 13.0 Å². The van der Waals surface area contributed by atoms with Crippen LogP contribution in [0.1, 0.15) is 25.3 Å². The van der Waals surface area contributed by atoms with E-state index in [0.29, 0.717) is 12.5 Å². The highest BCUT2D eigenvalue weighted by atomic mass is 19.1. The number of benzene rings is 1. The topological polar surface area (TPSA) is 32.3 Å². The molecule has 0 amide bonds. The van der Waals surface area contributed by atoms with Crippen molar-refractivity contribution in [2.45, 2.75) is 37.8 Å². The number of aliphatic hydroxyl groups is 1. The molecule has 0 bridgehead atoms. The Morgan fingerprint density at radius 1 is 1.50 bits per heavy atom. The fraction of sp³-hybridized carbons (Fsp3) is 0.538. The summed E-state index contributed by atoms with van der Waals surface area (Å²) in [5, 5.41) is 12.8. The van der Waals surface area contributed by atoms with Crippen LogP contribution >= 0.6 is 0 Å². The molecule has 1 saturated carbocycles. The van der Waals surface area contributed by atoms with Crippen molar-refractivity contribution in [3.8, 4) is 0 Å². The summed E-state index contributed by atoms with van der Waals surface area (Å²) in [5.74, 6) is -0.218. The van der Waals surface area contributed by atoms with Crippen molar-refractivity contribution in [3.05, 3.63) is 35.6 Å². The van der Waals surface area contributed by atoms with E-state index in [1.165, 1.54) is 25.0 Å². The average Bonchev–Trinajstić information content (AvgIpc) is 3.01. The SMILES string of the molecule is CC(CO)(Cc1cccc(F)c1)NC1CC1. The lowest BCUT2D eigenvalue weighted by Gasteiger charge is -2.29. The number of aliphatic hydroxyl groups excluding tert-OH is 1. The Bertz CT molecular complexity index is 365. The van der Waals surface area contributed by atoms with Crippen molar-refractivity contribution >= 4 is 0 Å². The molecule has 0 spiro atoms. The summed E-state index contributed by atoms with van der Waals surface area (Å²) in [5.41, 5.74) is 0.583. The van der Waals surface area contributed by atoms with E-state index in [4.69, 9.17) is 0 Å². The van der Waals surface area contributed by atoms with Crippen molar-refractivity contribution in [1.82, 2.24) is 5.32 Å². The number of hydrogen-bond acceptors (Lipinski definition) is 2. The van der Waals surface area contributed by atoms with Crippen LogP contribution in [0.5, 0.6) is 0 Å². The maximum atomic E-state index is 13.0. The molecule has 0 saturated heterocycles. The minimum absolute atomic E-state index is 0.0695. The van der Waals surface area contributed by atoms with Gasteiger partial charge in [0.25, 0.3) is 0 Å². The molecule has 1 aliphatic carbocycles. The van der Waals surface area contributed by atoms with Gasteiger partial charge in [-0.2, -0.15) is 0 Å². The largest absolute Gasteiger partial charge is 0.394 e. The zero-order valence-electron chi connectivity index (χ0n) is 9.54. The molecule has 1 aliphatic rings. The monoisotopic (exact) mass is 223 g/mol. The van der Waals surface area contributed by atoms with Crippen LogP contribution in [0, 0.1) is 5.82 Å². The van der Waals surface area contributed by atoms with Gasteiger partial charge in [0.2, 0.25) is 0 Å². The fourth-order valence-electron chi connectivity index (χ4n) is 1.97. The summed E-state index contributed by atoms with van der Waals surface area (Å²) < 4.78 is 13.0. The van der Waals surface area contributed by atoms with Crippen LogP contribution in [0.3, 0.4) is 0 Å². The molecule has 1 fully saturated rings. The standard InChI is InChI=1S/C13H18FNO/c1-13(9-16,15-12-5-6-12)8-10-3-2-4-11(14)7-10/h2-4,7,12,15-16H,5-6,8-9H2,1H3. The molecular formula is C13H18FNO. The molecule has 88 valence electrons. The smallest absolute Gasteiger partial charge is 0.123 e.